The van der Waals surface area contributed by atoms with Gasteiger partial charge in [0.05, 0.1) is 23.1 Å². The molecule has 2 aromatic carbocycles. The molecule has 0 unspecified atom stereocenters. The Kier molecular flexibility index (Phi) is 4.63. The number of imidazole rings is 1. The van der Waals surface area contributed by atoms with Crippen LogP contribution in [-0.2, 0) is 6.54 Å². The van der Waals surface area contributed by atoms with Gasteiger partial charge in [-0.25, -0.2) is 9.18 Å². The van der Waals surface area contributed by atoms with Gasteiger partial charge in [0.25, 0.3) is 0 Å². The van der Waals surface area contributed by atoms with E-state index in [0.717, 1.165) is 16.7 Å². The summed E-state index contributed by atoms with van der Waals surface area (Å²) in [5.74, 6) is 0.874. The lowest BCUT2D eigenvalue weighted by Crippen LogP contribution is -3.00. The van der Waals surface area contributed by atoms with Crippen LogP contribution >= 0.6 is 0 Å². The van der Waals surface area contributed by atoms with Gasteiger partial charge in [0.1, 0.15) is 17.3 Å². The summed E-state index contributed by atoms with van der Waals surface area (Å²) in [7, 11) is 0. The van der Waals surface area contributed by atoms with Crippen molar-refractivity contribution in [3.05, 3.63) is 76.7 Å². The third-order valence-corrected chi connectivity index (χ3v) is 3.78. The Hall–Kier alpha value is -2.99. The Bertz CT molecular complexity index is 1070. The summed E-state index contributed by atoms with van der Waals surface area (Å²) < 4.78 is 19.5. The SMILES string of the molecule is O=c1[nH]c2ccc(NCc3ccc(-c4ccccc4F)o3)cc2[nH]1.[Cl-]. The van der Waals surface area contributed by atoms with Crippen molar-refractivity contribution in [2.75, 3.05) is 5.32 Å². The molecule has 0 amide bonds. The monoisotopic (exact) mass is 358 g/mol. The highest BCUT2D eigenvalue weighted by Crippen LogP contribution is 2.25. The number of rotatable bonds is 4. The predicted molar refractivity (Wildman–Crippen MR) is 90.3 cm³/mol. The smallest absolute Gasteiger partial charge is 0.323 e. The van der Waals surface area contributed by atoms with Gasteiger partial charge in [-0.05, 0) is 42.5 Å². The fourth-order valence-electron chi connectivity index (χ4n) is 2.61. The summed E-state index contributed by atoms with van der Waals surface area (Å²) in [6.07, 6.45) is 0. The van der Waals surface area contributed by atoms with Crippen molar-refractivity contribution in [1.29, 1.82) is 0 Å². The highest BCUT2D eigenvalue weighted by Gasteiger charge is 2.09. The van der Waals surface area contributed by atoms with Crippen molar-refractivity contribution >= 4 is 16.7 Å². The molecule has 2 heterocycles. The number of H-pyrrole nitrogens is 2. The lowest BCUT2D eigenvalue weighted by atomic mass is 10.1. The number of nitrogens with one attached hydrogen (secondary N) is 3. The van der Waals surface area contributed by atoms with Crippen LogP contribution in [0.15, 0.2) is 63.8 Å². The maximum atomic E-state index is 13.8. The summed E-state index contributed by atoms with van der Waals surface area (Å²) in [6, 6.07) is 15.6. The Balaban J connectivity index is 0.00000182. The van der Waals surface area contributed by atoms with Crippen LogP contribution in [0.4, 0.5) is 10.1 Å². The fraction of sp³-hybridized carbons (Fsp3) is 0.0556. The summed E-state index contributed by atoms with van der Waals surface area (Å²) in [5, 5.41) is 3.22. The zero-order valence-corrected chi connectivity index (χ0v) is 13.7. The van der Waals surface area contributed by atoms with E-state index in [0.29, 0.717) is 23.6 Å². The first-order valence-electron chi connectivity index (χ1n) is 7.48. The first-order valence-corrected chi connectivity index (χ1v) is 7.48. The van der Waals surface area contributed by atoms with E-state index in [4.69, 9.17) is 4.42 Å². The largest absolute Gasteiger partial charge is 1.00 e. The Morgan fingerprint density at radius 2 is 1.80 bits per heavy atom. The van der Waals surface area contributed by atoms with Crippen LogP contribution in [0.1, 0.15) is 5.76 Å². The van der Waals surface area contributed by atoms with Crippen molar-refractivity contribution in [2.45, 2.75) is 6.54 Å². The van der Waals surface area contributed by atoms with Crippen molar-refractivity contribution in [3.63, 3.8) is 0 Å². The highest BCUT2D eigenvalue weighted by atomic mass is 35.5. The van der Waals surface area contributed by atoms with Gasteiger partial charge in [-0.1, -0.05) is 12.1 Å². The van der Waals surface area contributed by atoms with Crippen LogP contribution in [0.5, 0.6) is 0 Å². The van der Waals surface area contributed by atoms with E-state index in [9.17, 15) is 9.18 Å². The average molecular weight is 359 g/mol. The molecular formula is C18H14ClFN3O2-. The summed E-state index contributed by atoms with van der Waals surface area (Å²) in [4.78, 5) is 16.7. The molecule has 0 atom stereocenters. The lowest BCUT2D eigenvalue weighted by Gasteiger charge is -2.04. The highest BCUT2D eigenvalue weighted by molar-refractivity contribution is 5.78. The van der Waals surface area contributed by atoms with Crippen molar-refractivity contribution < 1.29 is 21.2 Å². The van der Waals surface area contributed by atoms with Crippen LogP contribution in [0.2, 0.25) is 0 Å². The van der Waals surface area contributed by atoms with Gasteiger partial charge >= 0.3 is 5.69 Å². The Labute approximate surface area is 148 Å². The Morgan fingerprint density at radius 3 is 2.64 bits per heavy atom. The molecule has 5 nitrogen and oxygen atoms in total. The molecule has 0 aliphatic rings. The maximum absolute atomic E-state index is 13.8. The molecular weight excluding hydrogens is 345 g/mol. The minimum Gasteiger partial charge on any atom is -1.00 e. The number of halogens is 2. The van der Waals surface area contributed by atoms with Gasteiger partial charge in [0.15, 0.2) is 0 Å². The van der Waals surface area contributed by atoms with Crippen molar-refractivity contribution in [2.24, 2.45) is 0 Å². The Morgan fingerprint density at radius 1 is 1.00 bits per heavy atom. The van der Waals surface area contributed by atoms with Crippen LogP contribution in [0, 0.1) is 5.82 Å². The van der Waals surface area contributed by atoms with E-state index in [1.165, 1.54) is 6.07 Å². The fourth-order valence-corrected chi connectivity index (χ4v) is 2.61. The van der Waals surface area contributed by atoms with Crippen molar-refractivity contribution in [1.82, 2.24) is 9.97 Å². The van der Waals surface area contributed by atoms with Crippen LogP contribution in [0.25, 0.3) is 22.4 Å². The van der Waals surface area contributed by atoms with Crippen LogP contribution in [-0.4, -0.2) is 9.97 Å². The number of fused-ring (bicyclic) bond motifs is 1. The normalized spacial score (nSPS) is 10.6. The van der Waals surface area contributed by atoms with Gasteiger partial charge in [0, 0.05) is 5.69 Å². The molecule has 4 aromatic rings. The van der Waals surface area contributed by atoms with E-state index in [1.807, 2.05) is 24.3 Å². The van der Waals surface area contributed by atoms with E-state index < -0.39 is 0 Å². The standard InChI is InChI=1S/C18H14FN3O2.ClH/c19-14-4-2-1-3-13(14)17-8-6-12(24-17)10-20-11-5-7-15-16(9-11)22-18(23)21-15;/h1-9,20H,10H2,(H2,21,22,23);1H/p-1. The minimum atomic E-state index is -0.312. The number of aromatic nitrogens is 2. The molecule has 0 radical (unpaired) electrons. The third kappa shape index (κ3) is 3.44. The van der Waals surface area contributed by atoms with E-state index in [2.05, 4.69) is 15.3 Å². The van der Waals surface area contributed by atoms with Gasteiger partial charge in [-0.3, -0.25) is 0 Å². The van der Waals surface area contributed by atoms with Gasteiger partial charge in [-0.2, -0.15) is 0 Å². The lowest BCUT2D eigenvalue weighted by molar-refractivity contribution is -0.00000609. The topological polar surface area (TPSA) is 73.8 Å². The molecule has 4 rings (SSSR count). The maximum Gasteiger partial charge on any atom is 0.323 e. The molecule has 0 aliphatic carbocycles. The zero-order chi connectivity index (χ0) is 16.5. The molecule has 0 saturated heterocycles. The summed E-state index contributed by atoms with van der Waals surface area (Å²) in [6.45, 7) is 0.453. The summed E-state index contributed by atoms with van der Waals surface area (Å²) in [5.41, 5.74) is 2.54. The number of hydrogen-bond acceptors (Lipinski definition) is 3. The molecule has 0 fully saturated rings. The number of aromatic amines is 2. The molecule has 3 N–H and O–H groups in total. The van der Waals surface area contributed by atoms with E-state index in [1.54, 1.807) is 24.3 Å². The van der Waals surface area contributed by atoms with E-state index in [-0.39, 0.29) is 23.9 Å². The number of furan rings is 1. The summed E-state index contributed by atoms with van der Waals surface area (Å²) >= 11 is 0. The minimum absolute atomic E-state index is 0. The van der Waals surface area contributed by atoms with E-state index >= 15 is 0 Å². The molecule has 0 saturated carbocycles. The molecule has 0 spiro atoms. The number of anilines is 1. The van der Waals surface area contributed by atoms with Crippen LogP contribution < -0.4 is 23.4 Å². The zero-order valence-electron chi connectivity index (χ0n) is 13.0. The second-order valence-corrected chi connectivity index (χ2v) is 5.44. The molecule has 25 heavy (non-hydrogen) atoms. The number of benzene rings is 2. The molecule has 2 aromatic heterocycles. The first-order chi connectivity index (χ1) is 11.7. The second-order valence-electron chi connectivity index (χ2n) is 5.44. The van der Waals surface area contributed by atoms with Crippen LogP contribution in [0.3, 0.4) is 0 Å². The number of hydrogen-bond donors (Lipinski definition) is 3. The van der Waals surface area contributed by atoms with Crippen molar-refractivity contribution in [3.8, 4) is 11.3 Å². The quantitative estimate of drug-likeness (QED) is 0.507. The molecule has 128 valence electrons. The third-order valence-electron chi connectivity index (χ3n) is 3.78. The predicted octanol–water partition coefficient (Wildman–Crippen LogP) is 0.871. The van der Waals surface area contributed by atoms with Gasteiger partial charge in [0.2, 0.25) is 0 Å². The van der Waals surface area contributed by atoms with Gasteiger partial charge in [-0.15, -0.1) is 0 Å². The second kappa shape index (κ2) is 6.86. The molecule has 7 heteroatoms. The average Bonchev–Trinajstić information content (AvgIpc) is 3.18. The first kappa shape index (κ1) is 16.9. The molecule has 0 bridgehead atoms. The van der Waals surface area contributed by atoms with Gasteiger partial charge < -0.3 is 32.1 Å². The molecule has 0 aliphatic heterocycles.